The number of allylic oxidation sites excluding steroid dienone is 1. The van der Waals surface area contributed by atoms with Crippen LogP contribution in [-0.2, 0) is 14.3 Å². The second-order valence-electron chi connectivity index (χ2n) is 16.5. The van der Waals surface area contributed by atoms with Crippen molar-refractivity contribution < 1.29 is 44.9 Å². The lowest BCUT2D eigenvalue weighted by Crippen LogP contribution is -2.67. The summed E-state index contributed by atoms with van der Waals surface area (Å²) in [7, 11) is 0. The molecule has 44 heavy (non-hydrogen) atoms. The Labute approximate surface area is 263 Å². The molecule has 4 saturated carbocycles. The van der Waals surface area contributed by atoms with Gasteiger partial charge in [0.1, 0.15) is 18.3 Å². The third kappa shape index (κ3) is 5.03. The van der Waals surface area contributed by atoms with Gasteiger partial charge >= 0.3 is 5.97 Å². The van der Waals surface area contributed by atoms with E-state index in [4.69, 9.17) is 9.47 Å². The van der Waals surface area contributed by atoms with Crippen LogP contribution in [0.4, 0.5) is 0 Å². The number of aliphatic carboxylic acids is 1. The lowest BCUT2D eigenvalue weighted by molar-refractivity contribution is -0.310. The van der Waals surface area contributed by atoms with Crippen molar-refractivity contribution in [3.8, 4) is 0 Å². The molecule has 5 rings (SSSR count). The van der Waals surface area contributed by atoms with Gasteiger partial charge in [-0.1, -0.05) is 47.6 Å². The first-order chi connectivity index (χ1) is 20.4. The zero-order valence-corrected chi connectivity index (χ0v) is 27.8. The first-order valence-corrected chi connectivity index (χ1v) is 17.0. The Morgan fingerprint density at radius 3 is 2.25 bits per heavy atom. The highest BCUT2D eigenvalue weighted by Crippen LogP contribution is 2.74. The minimum absolute atomic E-state index is 0.0675. The highest BCUT2D eigenvalue weighted by molar-refractivity contribution is 5.85. The zero-order valence-electron chi connectivity index (χ0n) is 27.8. The first kappa shape index (κ1) is 34.3. The molecule has 0 bridgehead atoms. The predicted octanol–water partition coefficient (Wildman–Crippen LogP) is 3.88. The van der Waals surface area contributed by atoms with E-state index in [1.165, 1.54) is 0 Å². The second-order valence-corrected chi connectivity index (χ2v) is 16.5. The smallest absolute Gasteiger partial charge is 0.330 e. The van der Waals surface area contributed by atoms with Crippen LogP contribution in [-0.4, -0.2) is 86.1 Å². The summed E-state index contributed by atoms with van der Waals surface area (Å²) in [6, 6.07) is 0. The third-order valence-corrected chi connectivity index (χ3v) is 14.5. The Balaban J connectivity index is 1.36. The highest BCUT2D eigenvalue weighted by atomic mass is 16.7. The molecule has 252 valence electrons. The van der Waals surface area contributed by atoms with Crippen LogP contribution in [0.1, 0.15) is 99.8 Å². The van der Waals surface area contributed by atoms with Crippen LogP contribution in [0.5, 0.6) is 0 Å². The number of carboxylic acid groups (broad SMARTS) is 1. The minimum Gasteiger partial charge on any atom is -0.478 e. The molecule has 0 aromatic heterocycles. The number of hydrogen-bond acceptors (Lipinski definition) is 8. The fourth-order valence-corrected chi connectivity index (χ4v) is 11.6. The van der Waals surface area contributed by atoms with Crippen LogP contribution >= 0.6 is 0 Å². The molecular formula is C35H58O9. The molecule has 1 heterocycles. The molecule has 0 aromatic rings. The maximum Gasteiger partial charge on any atom is 0.330 e. The molecular weight excluding hydrogens is 564 g/mol. The van der Waals surface area contributed by atoms with Gasteiger partial charge in [0, 0.05) is 16.4 Å². The number of carbonyl (C=O) groups is 1. The van der Waals surface area contributed by atoms with Crippen LogP contribution in [0.15, 0.2) is 11.6 Å². The van der Waals surface area contributed by atoms with Crippen molar-refractivity contribution in [1.29, 1.82) is 0 Å². The molecule has 15 atom stereocenters. The summed E-state index contributed by atoms with van der Waals surface area (Å²) in [5.74, 6) is 0.284. The van der Waals surface area contributed by atoms with E-state index < -0.39 is 53.6 Å². The maximum atomic E-state index is 12.1. The summed E-state index contributed by atoms with van der Waals surface area (Å²) in [5, 5.41) is 63.9. The summed E-state index contributed by atoms with van der Waals surface area (Å²) in [5.41, 5.74) is -0.864. The SMILES string of the molecule is CC(=CCCC(C)C1CC(O)C2(C)C3CCC4C(C)(C)C(OC5OCC(O)C(O)C5O)CCC4(C)C3CC(O)C12C)C(=O)O. The van der Waals surface area contributed by atoms with Gasteiger partial charge in [-0.15, -0.1) is 0 Å². The van der Waals surface area contributed by atoms with Crippen LogP contribution in [0.25, 0.3) is 0 Å². The monoisotopic (exact) mass is 622 g/mol. The Morgan fingerprint density at radius 1 is 0.932 bits per heavy atom. The summed E-state index contributed by atoms with van der Waals surface area (Å²) in [4.78, 5) is 11.3. The Hall–Kier alpha value is -1.07. The first-order valence-electron chi connectivity index (χ1n) is 17.0. The number of aliphatic hydroxyl groups is 5. The molecule has 5 fully saturated rings. The van der Waals surface area contributed by atoms with Gasteiger partial charge in [-0.05, 0) is 98.7 Å². The molecule has 1 aliphatic heterocycles. The van der Waals surface area contributed by atoms with E-state index in [1.54, 1.807) is 13.0 Å². The number of carboxylic acids is 1. The van der Waals surface area contributed by atoms with Crippen LogP contribution in [0.3, 0.4) is 0 Å². The molecule has 1 saturated heterocycles. The van der Waals surface area contributed by atoms with E-state index in [2.05, 4.69) is 41.5 Å². The Morgan fingerprint density at radius 2 is 1.59 bits per heavy atom. The average Bonchev–Trinajstić information content (AvgIpc) is 3.17. The zero-order chi connectivity index (χ0) is 32.6. The quantitative estimate of drug-likeness (QED) is 0.183. The van der Waals surface area contributed by atoms with Crippen LogP contribution < -0.4 is 0 Å². The molecule has 0 spiro atoms. The summed E-state index contributed by atoms with van der Waals surface area (Å²) in [6.07, 6.45) is 2.19. The summed E-state index contributed by atoms with van der Waals surface area (Å²) >= 11 is 0. The fourth-order valence-electron chi connectivity index (χ4n) is 11.6. The molecule has 4 aliphatic carbocycles. The number of rotatable bonds is 7. The van der Waals surface area contributed by atoms with Crippen molar-refractivity contribution in [3.63, 3.8) is 0 Å². The number of hydrogen-bond donors (Lipinski definition) is 6. The summed E-state index contributed by atoms with van der Waals surface area (Å²) < 4.78 is 12.0. The van der Waals surface area contributed by atoms with E-state index >= 15 is 0 Å². The van der Waals surface area contributed by atoms with Gasteiger partial charge < -0.3 is 40.1 Å². The van der Waals surface area contributed by atoms with Gasteiger partial charge in [-0.2, -0.15) is 0 Å². The number of ether oxygens (including phenoxy) is 2. The van der Waals surface area contributed by atoms with Crippen LogP contribution in [0.2, 0.25) is 0 Å². The minimum atomic E-state index is -1.32. The molecule has 15 unspecified atom stereocenters. The van der Waals surface area contributed by atoms with Gasteiger partial charge in [0.05, 0.1) is 24.9 Å². The van der Waals surface area contributed by atoms with Gasteiger partial charge in [0.25, 0.3) is 0 Å². The Kier molecular flexibility index (Phi) is 9.24. The largest absolute Gasteiger partial charge is 0.478 e. The lowest BCUT2D eigenvalue weighted by Gasteiger charge is -2.69. The van der Waals surface area contributed by atoms with Crippen molar-refractivity contribution >= 4 is 5.97 Å². The topological polar surface area (TPSA) is 157 Å². The normalized spacial score (nSPS) is 51.2. The Bertz CT molecular complexity index is 1110. The fraction of sp³-hybridized carbons (Fsp3) is 0.914. The molecule has 5 aliphatic rings. The maximum absolute atomic E-state index is 12.1. The van der Waals surface area contributed by atoms with Crippen molar-refractivity contribution in [2.24, 2.45) is 51.2 Å². The van der Waals surface area contributed by atoms with Crippen molar-refractivity contribution in [2.75, 3.05) is 6.61 Å². The highest BCUT2D eigenvalue weighted by Gasteiger charge is 2.73. The van der Waals surface area contributed by atoms with E-state index in [0.717, 1.165) is 32.1 Å². The average molecular weight is 623 g/mol. The van der Waals surface area contributed by atoms with E-state index in [-0.39, 0.29) is 47.2 Å². The molecule has 0 radical (unpaired) electrons. The lowest BCUT2D eigenvalue weighted by atomic mass is 9.37. The molecule has 0 amide bonds. The molecule has 6 N–H and O–H groups in total. The van der Waals surface area contributed by atoms with Gasteiger partial charge in [-0.25, -0.2) is 4.79 Å². The van der Waals surface area contributed by atoms with Gasteiger partial charge in [-0.3, -0.25) is 0 Å². The molecule has 0 aromatic carbocycles. The standard InChI is InChI=1S/C35H58O9/c1-18(9-8-10-19(2)30(41)42)21-15-25(37)34(6)20-11-12-24-32(3,4)27(44-31-29(40)28(39)23(36)17-43-31)13-14-33(24,5)22(20)16-26(38)35(21,34)7/h10,18,20-29,31,36-40H,8-9,11-17H2,1-7H3,(H,41,42). The van der Waals surface area contributed by atoms with Crippen molar-refractivity contribution in [3.05, 3.63) is 11.6 Å². The molecule has 9 heteroatoms. The van der Waals surface area contributed by atoms with Crippen molar-refractivity contribution in [2.45, 2.75) is 143 Å². The second kappa shape index (κ2) is 11.9. The predicted molar refractivity (Wildman–Crippen MR) is 164 cm³/mol. The number of aliphatic hydroxyl groups excluding tert-OH is 5. The van der Waals surface area contributed by atoms with Gasteiger partial charge in [0.15, 0.2) is 6.29 Å². The van der Waals surface area contributed by atoms with E-state index in [0.29, 0.717) is 30.8 Å². The number of fused-ring (bicyclic) bond motifs is 5. The van der Waals surface area contributed by atoms with Crippen LogP contribution in [0, 0.1) is 51.2 Å². The summed E-state index contributed by atoms with van der Waals surface area (Å²) in [6.45, 7) is 15.0. The van der Waals surface area contributed by atoms with Crippen molar-refractivity contribution in [1.82, 2.24) is 0 Å². The van der Waals surface area contributed by atoms with E-state index in [1.807, 2.05) is 0 Å². The van der Waals surface area contributed by atoms with Gasteiger partial charge in [0.2, 0.25) is 0 Å². The van der Waals surface area contributed by atoms with E-state index in [9.17, 15) is 35.4 Å². The molecule has 9 nitrogen and oxygen atoms in total. The third-order valence-electron chi connectivity index (χ3n) is 14.5.